The number of halogens is 1. The summed E-state index contributed by atoms with van der Waals surface area (Å²) in [5.41, 5.74) is 4.62. The summed E-state index contributed by atoms with van der Waals surface area (Å²) >= 11 is 0. The fourth-order valence-electron chi connectivity index (χ4n) is 4.24. The second kappa shape index (κ2) is 9.86. The predicted molar refractivity (Wildman–Crippen MR) is 119 cm³/mol. The summed E-state index contributed by atoms with van der Waals surface area (Å²) in [5.74, 6) is 1.20. The minimum atomic E-state index is -0.186. The molecule has 1 fully saturated rings. The van der Waals surface area contributed by atoms with Gasteiger partial charge in [0.05, 0.1) is 7.11 Å². The van der Waals surface area contributed by atoms with E-state index in [1.54, 1.807) is 19.2 Å². The van der Waals surface area contributed by atoms with Crippen molar-refractivity contribution < 1.29 is 9.13 Å². The predicted octanol–water partition coefficient (Wildman–Crippen LogP) is 5.24. The van der Waals surface area contributed by atoms with Gasteiger partial charge in [-0.3, -0.25) is 4.98 Å². The van der Waals surface area contributed by atoms with E-state index in [2.05, 4.69) is 29.2 Å². The Kier molecular flexibility index (Phi) is 6.75. The zero-order valence-electron chi connectivity index (χ0n) is 17.6. The van der Waals surface area contributed by atoms with Crippen LogP contribution in [0.5, 0.6) is 5.75 Å². The number of likely N-dealkylation sites (tertiary alicyclic amines) is 1. The lowest BCUT2D eigenvalue weighted by atomic mass is 9.93. The summed E-state index contributed by atoms with van der Waals surface area (Å²) < 4.78 is 18.6. The highest BCUT2D eigenvalue weighted by Crippen LogP contribution is 2.26. The number of hydrogen-bond acceptors (Lipinski definition) is 3. The topological polar surface area (TPSA) is 25.4 Å². The van der Waals surface area contributed by atoms with Gasteiger partial charge in [-0.1, -0.05) is 30.3 Å². The van der Waals surface area contributed by atoms with Gasteiger partial charge in [0.2, 0.25) is 0 Å². The Morgan fingerprint density at radius 3 is 2.60 bits per heavy atom. The van der Waals surface area contributed by atoms with Crippen LogP contribution in [0.15, 0.2) is 66.9 Å². The van der Waals surface area contributed by atoms with Crippen LogP contribution >= 0.6 is 0 Å². The van der Waals surface area contributed by atoms with Gasteiger partial charge >= 0.3 is 0 Å². The fourth-order valence-corrected chi connectivity index (χ4v) is 4.24. The smallest absolute Gasteiger partial charge is 0.123 e. The largest absolute Gasteiger partial charge is 0.497 e. The molecule has 2 aromatic carbocycles. The van der Waals surface area contributed by atoms with Gasteiger partial charge in [-0.25, -0.2) is 4.39 Å². The standard InChI is InChI=1S/C26H29FN2O/c1-30-25-10-7-20(8-11-25)13-15-29-14-3-5-23(19-29)26-12-9-22(18-28-26)16-21-4-2-6-24(27)17-21/h2,4,6-12,17-18,23H,3,5,13-16,19H2,1H3. The van der Waals surface area contributed by atoms with Crippen LogP contribution in [0.25, 0.3) is 0 Å². The number of pyridine rings is 1. The number of benzene rings is 2. The first-order chi connectivity index (χ1) is 14.7. The van der Waals surface area contributed by atoms with Gasteiger partial charge in [0, 0.05) is 30.9 Å². The Bertz CT molecular complexity index is 940. The molecule has 156 valence electrons. The zero-order valence-corrected chi connectivity index (χ0v) is 17.6. The van der Waals surface area contributed by atoms with Gasteiger partial charge in [-0.05, 0) is 79.3 Å². The second-order valence-electron chi connectivity index (χ2n) is 8.14. The van der Waals surface area contributed by atoms with Crippen LogP contribution in [0, 0.1) is 5.82 Å². The average molecular weight is 405 g/mol. The van der Waals surface area contributed by atoms with E-state index in [1.165, 1.54) is 30.2 Å². The van der Waals surface area contributed by atoms with Crippen molar-refractivity contribution in [2.75, 3.05) is 26.7 Å². The van der Waals surface area contributed by atoms with Crippen LogP contribution in [0.3, 0.4) is 0 Å². The third-order valence-electron chi connectivity index (χ3n) is 5.94. The summed E-state index contributed by atoms with van der Waals surface area (Å²) in [6, 6.07) is 19.5. The van der Waals surface area contributed by atoms with Crippen molar-refractivity contribution in [3.05, 3.63) is 95.1 Å². The molecule has 0 bridgehead atoms. The molecule has 2 heterocycles. The Balaban J connectivity index is 1.32. The zero-order chi connectivity index (χ0) is 20.8. The number of methoxy groups -OCH3 is 1. The summed E-state index contributed by atoms with van der Waals surface area (Å²) in [4.78, 5) is 7.31. The van der Waals surface area contributed by atoms with Gasteiger partial charge in [0.1, 0.15) is 11.6 Å². The monoisotopic (exact) mass is 404 g/mol. The van der Waals surface area contributed by atoms with Gasteiger partial charge in [-0.15, -0.1) is 0 Å². The normalized spacial score (nSPS) is 17.1. The molecule has 1 aromatic heterocycles. The maximum atomic E-state index is 13.4. The van der Waals surface area contributed by atoms with E-state index in [9.17, 15) is 4.39 Å². The second-order valence-corrected chi connectivity index (χ2v) is 8.14. The molecule has 4 rings (SSSR count). The van der Waals surface area contributed by atoms with Crippen molar-refractivity contribution in [2.45, 2.75) is 31.6 Å². The number of ether oxygens (including phenoxy) is 1. The number of aromatic nitrogens is 1. The van der Waals surface area contributed by atoms with Crippen molar-refractivity contribution in [1.29, 1.82) is 0 Å². The quantitative estimate of drug-likeness (QED) is 0.538. The molecule has 0 aliphatic carbocycles. The van der Waals surface area contributed by atoms with Crippen molar-refractivity contribution in [1.82, 2.24) is 9.88 Å². The van der Waals surface area contributed by atoms with Crippen molar-refractivity contribution in [3.8, 4) is 5.75 Å². The SMILES string of the molecule is COc1ccc(CCN2CCCC(c3ccc(Cc4cccc(F)c4)cn3)C2)cc1. The highest BCUT2D eigenvalue weighted by atomic mass is 19.1. The molecule has 1 unspecified atom stereocenters. The van der Waals surface area contributed by atoms with Crippen LogP contribution in [-0.2, 0) is 12.8 Å². The van der Waals surface area contributed by atoms with Crippen LogP contribution < -0.4 is 4.74 Å². The molecule has 1 aliphatic rings. The lowest BCUT2D eigenvalue weighted by molar-refractivity contribution is 0.208. The third kappa shape index (κ3) is 5.45. The Morgan fingerprint density at radius 1 is 1.03 bits per heavy atom. The lowest BCUT2D eigenvalue weighted by Crippen LogP contribution is -2.36. The molecule has 1 saturated heterocycles. The Hall–Kier alpha value is -2.72. The highest BCUT2D eigenvalue weighted by Gasteiger charge is 2.22. The number of hydrogen-bond donors (Lipinski definition) is 0. The molecule has 3 nitrogen and oxygen atoms in total. The van der Waals surface area contributed by atoms with E-state index in [0.29, 0.717) is 12.3 Å². The number of nitrogens with zero attached hydrogens (tertiary/aromatic N) is 2. The highest BCUT2D eigenvalue weighted by molar-refractivity contribution is 5.28. The number of rotatable bonds is 7. The van der Waals surface area contributed by atoms with Crippen molar-refractivity contribution in [2.24, 2.45) is 0 Å². The molecule has 4 heteroatoms. The first-order valence-corrected chi connectivity index (χ1v) is 10.7. The number of piperidine rings is 1. The summed E-state index contributed by atoms with van der Waals surface area (Å²) in [5, 5.41) is 0. The van der Waals surface area contributed by atoms with E-state index in [4.69, 9.17) is 9.72 Å². The maximum Gasteiger partial charge on any atom is 0.123 e. The van der Waals surface area contributed by atoms with E-state index in [1.807, 2.05) is 24.4 Å². The van der Waals surface area contributed by atoms with E-state index < -0.39 is 0 Å². The van der Waals surface area contributed by atoms with Gasteiger partial charge in [0.25, 0.3) is 0 Å². The first-order valence-electron chi connectivity index (χ1n) is 10.7. The fraction of sp³-hybridized carbons (Fsp3) is 0.346. The summed E-state index contributed by atoms with van der Waals surface area (Å²) in [7, 11) is 1.70. The van der Waals surface area contributed by atoms with Gasteiger partial charge in [-0.2, -0.15) is 0 Å². The van der Waals surface area contributed by atoms with Crippen LogP contribution in [0.1, 0.15) is 41.1 Å². The van der Waals surface area contributed by atoms with E-state index in [0.717, 1.165) is 42.9 Å². The molecule has 3 aromatic rings. The molecule has 0 saturated carbocycles. The third-order valence-corrected chi connectivity index (χ3v) is 5.94. The molecule has 0 amide bonds. The van der Waals surface area contributed by atoms with Crippen molar-refractivity contribution in [3.63, 3.8) is 0 Å². The van der Waals surface area contributed by atoms with Crippen LogP contribution in [0.2, 0.25) is 0 Å². The minimum Gasteiger partial charge on any atom is -0.497 e. The van der Waals surface area contributed by atoms with Gasteiger partial charge < -0.3 is 9.64 Å². The average Bonchev–Trinajstić information content (AvgIpc) is 2.79. The van der Waals surface area contributed by atoms with E-state index >= 15 is 0 Å². The first kappa shape index (κ1) is 20.5. The molecule has 0 N–H and O–H groups in total. The molecule has 1 atom stereocenters. The Labute approximate surface area is 178 Å². The molecule has 0 radical (unpaired) electrons. The van der Waals surface area contributed by atoms with Gasteiger partial charge in [0.15, 0.2) is 0 Å². The molecule has 30 heavy (non-hydrogen) atoms. The summed E-state index contributed by atoms with van der Waals surface area (Å²) in [6.45, 7) is 3.29. The molecule has 1 aliphatic heterocycles. The van der Waals surface area contributed by atoms with Crippen molar-refractivity contribution >= 4 is 0 Å². The molecular weight excluding hydrogens is 375 g/mol. The minimum absolute atomic E-state index is 0.186. The molecule has 0 spiro atoms. The molecular formula is C26H29FN2O. The lowest BCUT2D eigenvalue weighted by Gasteiger charge is -2.32. The summed E-state index contributed by atoms with van der Waals surface area (Å²) in [6.07, 6.45) is 6.12. The van der Waals surface area contributed by atoms with E-state index in [-0.39, 0.29) is 5.82 Å². The van der Waals surface area contributed by atoms with Crippen LogP contribution in [-0.4, -0.2) is 36.6 Å². The maximum absolute atomic E-state index is 13.4. The Morgan fingerprint density at radius 2 is 1.87 bits per heavy atom. The van der Waals surface area contributed by atoms with Crippen LogP contribution in [0.4, 0.5) is 4.39 Å².